The highest BCUT2D eigenvalue weighted by molar-refractivity contribution is 7.13. The van der Waals surface area contributed by atoms with E-state index >= 15 is 0 Å². The van der Waals surface area contributed by atoms with E-state index in [1.54, 1.807) is 5.51 Å². The van der Waals surface area contributed by atoms with Crippen LogP contribution in [0.2, 0.25) is 0 Å². The highest BCUT2D eigenvalue weighted by atomic mass is 32.1. The summed E-state index contributed by atoms with van der Waals surface area (Å²) in [6.45, 7) is 2.00. The Kier molecular flexibility index (Phi) is 6.19. The molecule has 1 aliphatic rings. The van der Waals surface area contributed by atoms with Gasteiger partial charge < -0.3 is 14.7 Å². The Morgan fingerprint density at radius 2 is 2.00 bits per heavy atom. The van der Waals surface area contributed by atoms with E-state index in [-0.39, 0.29) is 12.5 Å². The van der Waals surface area contributed by atoms with Crippen LogP contribution in [0.4, 0.5) is 10.6 Å². The lowest BCUT2D eigenvalue weighted by atomic mass is 10.1. The van der Waals surface area contributed by atoms with Crippen molar-refractivity contribution in [3.05, 3.63) is 35.8 Å². The van der Waals surface area contributed by atoms with E-state index in [1.165, 1.54) is 11.3 Å². The molecule has 0 bridgehead atoms. The summed E-state index contributed by atoms with van der Waals surface area (Å²) in [5.74, 6) is -0.287. The Hall–Kier alpha value is -2.45. The summed E-state index contributed by atoms with van der Waals surface area (Å²) in [6, 6.07) is 9.76. The number of piperidine rings is 1. The van der Waals surface area contributed by atoms with Crippen molar-refractivity contribution in [3.63, 3.8) is 0 Å². The summed E-state index contributed by atoms with van der Waals surface area (Å²) in [6.07, 6.45) is 0.885. The molecule has 2 aromatic rings. The quantitative estimate of drug-likeness (QED) is 0.805. The summed E-state index contributed by atoms with van der Waals surface area (Å²) in [4.78, 5) is 30.0. The number of anilines is 1. The second kappa shape index (κ2) is 8.77. The number of rotatable bonds is 6. The summed E-state index contributed by atoms with van der Waals surface area (Å²) in [5.41, 5.74) is 2.69. The van der Waals surface area contributed by atoms with E-state index in [4.69, 9.17) is 9.84 Å². The summed E-state index contributed by atoms with van der Waals surface area (Å²) in [5, 5.41) is 11.5. The maximum Gasteiger partial charge on any atom is 0.413 e. The van der Waals surface area contributed by atoms with Crippen LogP contribution in [-0.4, -0.2) is 52.8 Å². The van der Waals surface area contributed by atoms with Crippen LogP contribution >= 0.6 is 11.3 Å². The fourth-order valence-electron chi connectivity index (χ4n) is 2.91. The van der Waals surface area contributed by atoms with Crippen LogP contribution in [0.15, 0.2) is 35.8 Å². The van der Waals surface area contributed by atoms with Crippen LogP contribution in [0, 0.1) is 0 Å². The lowest BCUT2D eigenvalue weighted by Gasteiger charge is -2.31. The average Bonchev–Trinajstić information content (AvgIpc) is 3.09. The number of amides is 1. The van der Waals surface area contributed by atoms with Crippen molar-refractivity contribution in [2.24, 2.45) is 0 Å². The molecule has 1 aromatic carbocycles. The van der Waals surface area contributed by atoms with Crippen molar-refractivity contribution in [1.29, 1.82) is 0 Å². The molecule has 1 amide bonds. The van der Waals surface area contributed by atoms with Crippen molar-refractivity contribution in [2.75, 3.05) is 25.0 Å². The molecule has 2 N–H and O–H groups in total. The third kappa shape index (κ3) is 5.03. The van der Waals surface area contributed by atoms with Gasteiger partial charge in [-0.3, -0.25) is 10.1 Å². The second-order valence-corrected chi connectivity index (χ2v) is 6.97. The van der Waals surface area contributed by atoms with E-state index in [1.807, 2.05) is 30.3 Å². The third-order valence-electron chi connectivity index (χ3n) is 4.27. The number of carbonyl (C=O) groups is 2. The van der Waals surface area contributed by atoms with Crippen molar-refractivity contribution in [3.8, 4) is 10.4 Å². The van der Waals surface area contributed by atoms with Gasteiger partial charge in [0, 0.05) is 19.6 Å². The van der Waals surface area contributed by atoms with Crippen LogP contribution in [0.1, 0.15) is 19.3 Å². The van der Waals surface area contributed by atoms with Crippen molar-refractivity contribution < 1.29 is 19.4 Å². The molecular weight excluding hydrogens is 354 g/mol. The molecule has 26 heavy (non-hydrogen) atoms. The van der Waals surface area contributed by atoms with E-state index in [2.05, 4.69) is 15.2 Å². The van der Waals surface area contributed by atoms with E-state index in [0.29, 0.717) is 25.2 Å². The van der Waals surface area contributed by atoms with Gasteiger partial charge in [-0.1, -0.05) is 30.3 Å². The largest absolute Gasteiger partial charge is 0.481 e. The number of hydrogen-bond acceptors (Lipinski definition) is 6. The summed E-state index contributed by atoms with van der Waals surface area (Å²) in [7, 11) is 0. The molecule has 0 saturated carbocycles. The van der Waals surface area contributed by atoms with E-state index in [9.17, 15) is 9.59 Å². The number of carbonyl (C=O) groups excluding carboxylic acids is 1. The van der Waals surface area contributed by atoms with Gasteiger partial charge in [0.2, 0.25) is 0 Å². The standard InChI is InChI=1S/C18H21N3O4S/c22-15(23)8-11-21-9-6-14(7-10-21)25-18(24)20-17-16(26-12-19-17)13-4-2-1-3-5-13/h1-5,12,14H,6-11H2,(H,20,24)(H,22,23). The molecule has 0 aliphatic carbocycles. The number of carboxylic acid groups (broad SMARTS) is 1. The van der Waals surface area contributed by atoms with Gasteiger partial charge in [-0.2, -0.15) is 0 Å². The number of nitrogens with one attached hydrogen (secondary N) is 1. The fraction of sp³-hybridized carbons (Fsp3) is 0.389. The Morgan fingerprint density at radius 1 is 1.27 bits per heavy atom. The third-order valence-corrected chi connectivity index (χ3v) is 5.15. The number of aliphatic carboxylic acids is 1. The number of hydrogen-bond donors (Lipinski definition) is 2. The first-order valence-electron chi connectivity index (χ1n) is 8.52. The highest BCUT2D eigenvalue weighted by Crippen LogP contribution is 2.31. The minimum Gasteiger partial charge on any atom is -0.481 e. The monoisotopic (exact) mass is 375 g/mol. The molecule has 0 atom stereocenters. The fourth-order valence-corrected chi connectivity index (χ4v) is 3.66. The topological polar surface area (TPSA) is 91.8 Å². The van der Waals surface area contributed by atoms with Crippen LogP contribution in [0.25, 0.3) is 10.4 Å². The van der Waals surface area contributed by atoms with Crippen molar-refractivity contribution in [2.45, 2.75) is 25.4 Å². The molecule has 3 rings (SSSR count). The number of likely N-dealkylation sites (tertiary alicyclic amines) is 1. The molecule has 0 radical (unpaired) electrons. The van der Waals surface area contributed by atoms with Gasteiger partial charge >= 0.3 is 12.1 Å². The maximum atomic E-state index is 12.2. The van der Waals surface area contributed by atoms with Gasteiger partial charge in [-0.25, -0.2) is 9.78 Å². The van der Waals surface area contributed by atoms with Gasteiger partial charge in [0.05, 0.1) is 16.8 Å². The first-order chi connectivity index (χ1) is 12.6. The lowest BCUT2D eigenvalue weighted by Crippen LogP contribution is -2.39. The number of aromatic nitrogens is 1. The van der Waals surface area contributed by atoms with Crippen LogP contribution in [-0.2, 0) is 9.53 Å². The first kappa shape index (κ1) is 18.3. The first-order valence-corrected chi connectivity index (χ1v) is 9.40. The molecule has 1 saturated heterocycles. The van der Waals surface area contributed by atoms with Crippen molar-refractivity contribution in [1.82, 2.24) is 9.88 Å². The average molecular weight is 375 g/mol. The number of thiazole rings is 1. The number of nitrogens with zero attached hydrogens (tertiary/aromatic N) is 2. The van der Waals surface area contributed by atoms with Gasteiger partial charge in [0.1, 0.15) is 6.10 Å². The van der Waals surface area contributed by atoms with Gasteiger partial charge in [0.15, 0.2) is 5.82 Å². The molecule has 1 fully saturated rings. The second-order valence-electron chi connectivity index (χ2n) is 6.11. The molecule has 138 valence electrons. The van der Waals surface area contributed by atoms with Crippen LogP contribution in [0.3, 0.4) is 0 Å². The minimum absolute atomic E-state index is 0.137. The molecule has 0 spiro atoms. The van der Waals surface area contributed by atoms with E-state index in [0.717, 1.165) is 23.5 Å². The lowest BCUT2D eigenvalue weighted by molar-refractivity contribution is -0.137. The normalized spacial score (nSPS) is 15.5. The Morgan fingerprint density at radius 3 is 2.69 bits per heavy atom. The zero-order valence-electron chi connectivity index (χ0n) is 14.3. The molecule has 8 heteroatoms. The summed E-state index contributed by atoms with van der Waals surface area (Å²) >= 11 is 1.46. The zero-order valence-corrected chi connectivity index (χ0v) is 15.1. The molecule has 1 aliphatic heterocycles. The predicted octanol–water partition coefficient (Wildman–Crippen LogP) is 3.30. The zero-order chi connectivity index (χ0) is 18.4. The molecule has 1 aromatic heterocycles. The van der Waals surface area contributed by atoms with Gasteiger partial charge in [-0.05, 0) is 18.4 Å². The van der Waals surface area contributed by atoms with Gasteiger partial charge in [0.25, 0.3) is 0 Å². The van der Waals surface area contributed by atoms with Crippen LogP contribution in [0.5, 0.6) is 0 Å². The Labute approximate surface area is 155 Å². The number of ether oxygens (including phenoxy) is 1. The molecule has 2 heterocycles. The number of benzene rings is 1. The maximum absolute atomic E-state index is 12.2. The smallest absolute Gasteiger partial charge is 0.413 e. The van der Waals surface area contributed by atoms with Crippen molar-refractivity contribution >= 4 is 29.2 Å². The van der Waals surface area contributed by atoms with Crippen LogP contribution < -0.4 is 5.32 Å². The van der Waals surface area contributed by atoms with Gasteiger partial charge in [-0.15, -0.1) is 11.3 Å². The minimum atomic E-state index is -0.791. The molecule has 0 unspecified atom stereocenters. The molecular formula is C18H21N3O4S. The Bertz CT molecular complexity index is 742. The number of carboxylic acids is 1. The summed E-state index contributed by atoms with van der Waals surface area (Å²) < 4.78 is 5.50. The predicted molar refractivity (Wildman–Crippen MR) is 99.4 cm³/mol. The highest BCUT2D eigenvalue weighted by Gasteiger charge is 2.23. The van der Waals surface area contributed by atoms with E-state index < -0.39 is 12.1 Å². The Balaban J connectivity index is 1.49. The SMILES string of the molecule is O=C(O)CCN1CCC(OC(=O)Nc2ncsc2-c2ccccc2)CC1. The molecule has 7 nitrogen and oxygen atoms in total.